The molecule has 10 heteroatoms. The second-order valence-electron chi connectivity index (χ2n) is 13.5. The van der Waals surface area contributed by atoms with Crippen LogP contribution < -0.4 is 0 Å². The third-order valence-corrected chi connectivity index (χ3v) is 9.28. The second kappa shape index (κ2) is 15.6. The molecule has 2 atom stereocenters. The van der Waals surface area contributed by atoms with Gasteiger partial charge in [-0.2, -0.15) is 0 Å². The fourth-order valence-electron chi connectivity index (χ4n) is 6.61. The van der Waals surface area contributed by atoms with Crippen molar-refractivity contribution in [2.45, 2.75) is 58.5 Å². The van der Waals surface area contributed by atoms with Crippen molar-refractivity contribution < 1.29 is 23.9 Å². The quantitative estimate of drug-likeness (QED) is 0.220. The summed E-state index contributed by atoms with van der Waals surface area (Å²) in [4.78, 5) is 49.2. The van der Waals surface area contributed by atoms with Gasteiger partial charge in [-0.25, -0.2) is 9.59 Å². The van der Waals surface area contributed by atoms with Gasteiger partial charge in [0.1, 0.15) is 5.60 Å². The molecule has 0 radical (unpaired) electrons. The Hall–Kier alpha value is -4.14. The number of ether oxygens (including phenoxy) is 2. The lowest BCUT2D eigenvalue weighted by molar-refractivity contribution is -0.140. The van der Waals surface area contributed by atoms with Gasteiger partial charge in [0.15, 0.2) is 0 Å². The van der Waals surface area contributed by atoms with E-state index in [2.05, 4.69) is 24.3 Å². The van der Waals surface area contributed by atoms with Crippen LogP contribution in [0.1, 0.15) is 69.6 Å². The summed E-state index contributed by atoms with van der Waals surface area (Å²) in [5.74, 6) is -2.26. The maximum Gasteiger partial charge on any atom is 0.410 e. The van der Waals surface area contributed by atoms with Gasteiger partial charge in [0, 0.05) is 59.5 Å². The normalized spacial score (nSPS) is 18.3. The lowest BCUT2D eigenvalue weighted by Crippen LogP contribution is -2.54. The third-order valence-electron chi connectivity index (χ3n) is 8.84. The number of benzene rings is 3. The molecular weight excluding hydrogens is 661 g/mol. The van der Waals surface area contributed by atoms with E-state index in [9.17, 15) is 14.4 Å². The van der Waals surface area contributed by atoms with E-state index in [-0.39, 0.29) is 18.4 Å². The molecule has 0 bridgehead atoms. The lowest BCUT2D eigenvalue weighted by atomic mass is 9.75. The van der Waals surface area contributed by atoms with Crippen LogP contribution in [0, 0.1) is 5.92 Å². The first-order chi connectivity index (χ1) is 23.3. The van der Waals surface area contributed by atoms with Crippen LogP contribution >= 0.6 is 23.2 Å². The van der Waals surface area contributed by atoms with Crippen molar-refractivity contribution in [3.63, 3.8) is 0 Å². The summed E-state index contributed by atoms with van der Waals surface area (Å²) in [6.45, 7) is 10.5. The molecule has 0 aliphatic carbocycles. The van der Waals surface area contributed by atoms with Crippen LogP contribution in [-0.2, 0) is 19.1 Å². The van der Waals surface area contributed by atoms with Crippen molar-refractivity contribution in [3.8, 4) is 0 Å². The van der Waals surface area contributed by atoms with Crippen LogP contribution in [0.15, 0.2) is 95.1 Å². The number of piperazine rings is 1. The molecule has 1 fully saturated rings. The predicted molar refractivity (Wildman–Crippen MR) is 193 cm³/mol. The molecule has 2 amide bonds. The van der Waals surface area contributed by atoms with Gasteiger partial charge in [0.2, 0.25) is 5.91 Å². The highest BCUT2D eigenvalue weighted by Gasteiger charge is 2.44. The topological polar surface area (TPSA) is 88.5 Å². The van der Waals surface area contributed by atoms with E-state index in [1.807, 2.05) is 57.2 Å². The molecule has 1 saturated heterocycles. The SMILES string of the molecule is CC1=NC(C)=C(C(=O)OCCC(c2ccccc2)c2ccccc2)C(c2cc(Cl)cc(Cl)c2)C1C(=O)N1CCN(C(=O)OC(C)(C)C)CC1. The number of allylic oxidation sites excluding steroid dienone is 1. The molecule has 2 heterocycles. The Labute approximate surface area is 298 Å². The number of amides is 2. The monoisotopic (exact) mass is 703 g/mol. The van der Waals surface area contributed by atoms with E-state index >= 15 is 0 Å². The largest absolute Gasteiger partial charge is 0.462 e. The highest BCUT2D eigenvalue weighted by Crippen LogP contribution is 2.42. The Morgan fingerprint density at radius 2 is 1.37 bits per heavy atom. The van der Waals surface area contributed by atoms with E-state index in [1.54, 1.807) is 41.8 Å². The van der Waals surface area contributed by atoms with Gasteiger partial charge >= 0.3 is 12.1 Å². The first kappa shape index (κ1) is 36.1. The van der Waals surface area contributed by atoms with Crippen LogP contribution in [0.3, 0.4) is 0 Å². The summed E-state index contributed by atoms with van der Waals surface area (Å²) in [7, 11) is 0. The minimum atomic E-state index is -0.810. The van der Waals surface area contributed by atoms with E-state index in [4.69, 9.17) is 37.7 Å². The summed E-state index contributed by atoms with van der Waals surface area (Å²) in [5.41, 5.74) is 3.60. The zero-order chi connectivity index (χ0) is 35.3. The zero-order valence-electron chi connectivity index (χ0n) is 28.6. The fraction of sp³-hybridized carbons (Fsp3) is 0.385. The number of hydrogen-bond acceptors (Lipinski definition) is 6. The smallest absolute Gasteiger partial charge is 0.410 e. The van der Waals surface area contributed by atoms with Crippen LogP contribution in [0.5, 0.6) is 0 Å². The van der Waals surface area contributed by atoms with Crippen molar-refractivity contribution in [3.05, 3.63) is 117 Å². The first-order valence-corrected chi connectivity index (χ1v) is 17.3. The average Bonchev–Trinajstić information content (AvgIpc) is 3.05. The minimum Gasteiger partial charge on any atom is -0.462 e. The maximum absolute atomic E-state index is 14.4. The molecular formula is C39H43Cl2N3O5. The van der Waals surface area contributed by atoms with Gasteiger partial charge in [-0.3, -0.25) is 9.79 Å². The van der Waals surface area contributed by atoms with Crippen molar-refractivity contribution >= 4 is 46.9 Å². The number of esters is 1. The molecule has 5 rings (SSSR count). The van der Waals surface area contributed by atoms with Crippen molar-refractivity contribution in [2.24, 2.45) is 10.9 Å². The van der Waals surface area contributed by atoms with Gasteiger partial charge in [-0.15, -0.1) is 0 Å². The summed E-state index contributed by atoms with van der Waals surface area (Å²) < 4.78 is 11.5. The summed E-state index contributed by atoms with van der Waals surface area (Å²) in [5, 5.41) is 0.776. The van der Waals surface area contributed by atoms with E-state index < -0.39 is 29.5 Å². The molecule has 8 nitrogen and oxygen atoms in total. The maximum atomic E-state index is 14.4. The van der Waals surface area contributed by atoms with E-state index in [1.165, 1.54) is 0 Å². The summed E-state index contributed by atoms with van der Waals surface area (Å²) >= 11 is 13.0. The highest BCUT2D eigenvalue weighted by atomic mass is 35.5. The fourth-order valence-corrected chi connectivity index (χ4v) is 7.16. The Morgan fingerprint density at radius 3 is 1.90 bits per heavy atom. The van der Waals surface area contributed by atoms with Crippen LogP contribution in [0.2, 0.25) is 10.0 Å². The van der Waals surface area contributed by atoms with Crippen molar-refractivity contribution in [1.29, 1.82) is 0 Å². The Morgan fingerprint density at radius 1 is 0.837 bits per heavy atom. The number of nitrogens with zero attached hydrogens (tertiary/aromatic N) is 3. The standard InChI is InChI=1S/C39H43Cl2N3O5/c1-25-33(36(45)43-17-19-44(20-18-43)38(47)49-39(3,4)5)35(29-22-30(40)24-31(41)23-29)34(26(2)42-25)37(46)48-21-16-32(27-12-8-6-9-13-27)28-14-10-7-11-15-28/h6-15,22-24,32-33,35H,16-21H2,1-5H3. The van der Waals surface area contributed by atoms with Crippen molar-refractivity contribution in [1.82, 2.24) is 9.80 Å². The van der Waals surface area contributed by atoms with Gasteiger partial charge in [0.25, 0.3) is 0 Å². The predicted octanol–water partition coefficient (Wildman–Crippen LogP) is 8.29. The molecule has 2 aliphatic rings. The van der Waals surface area contributed by atoms with Gasteiger partial charge in [-0.1, -0.05) is 83.9 Å². The third kappa shape index (κ3) is 8.91. The lowest BCUT2D eigenvalue weighted by Gasteiger charge is -2.39. The zero-order valence-corrected chi connectivity index (χ0v) is 30.1. The van der Waals surface area contributed by atoms with Crippen LogP contribution in [0.25, 0.3) is 0 Å². The molecule has 0 N–H and O–H groups in total. The van der Waals surface area contributed by atoms with E-state index in [0.717, 1.165) is 11.1 Å². The van der Waals surface area contributed by atoms with Crippen LogP contribution in [0.4, 0.5) is 4.79 Å². The molecule has 3 aromatic rings. The Kier molecular flexibility index (Phi) is 11.5. The minimum absolute atomic E-state index is 0.0214. The molecule has 0 spiro atoms. The van der Waals surface area contributed by atoms with Gasteiger partial charge in [-0.05, 0) is 75.9 Å². The van der Waals surface area contributed by atoms with Gasteiger partial charge in [0.05, 0.1) is 18.1 Å². The number of rotatable bonds is 8. The Bertz CT molecular complexity index is 1670. The molecule has 3 aromatic carbocycles. The highest BCUT2D eigenvalue weighted by molar-refractivity contribution is 6.34. The second-order valence-corrected chi connectivity index (χ2v) is 14.4. The number of halogens is 2. The first-order valence-electron chi connectivity index (χ1n) is 16.6. The summed E-state index contributed by atoms with van der Waals surface area (Å²) in [6.07, 6.45) is 0.151. The number of aliphatic imine (C=N–C) groups is 1. The van der Waals surface area contributed by atoms with E-state index in [0.29, 0.717) is 65.2 Å². The molecule has 49 heavy (non-hydrogen) atoms. The number of carbonyl (C=O) groups is 3. The molecule has 2 aliphatic heterocycles. The Balaban J connectivity index is 1.39. The molecule has 0 aromatic heterocycles. The van der Waals surface area contributed by atoms with Gasteiger partial charge < -0.3 is 19.3 Å². The molecule has 2 unspecified atom stereocenters. The molecule has 0 saturated carbocycles. The summed E-state index contributed by atoms with van der Waals surface area (Å²) in [6, 6.07) is 25.4. The average molecular weight is 705 g/mol. The van der Waals surface area contributed by atoms with Crippen LogP contribution in [-0.4, -0.2) is 71.9 Å². The van der Waals surface area contributed by atoms with Crippen molar-refractivity contribution in [2.75, 3.05) is 32.8 Å². The number of carbonyl (C=O) groups excluding carboxylic acids is 3. The molecule has 258 valence electrons. The number of hydrogen-bond donors (Lipinski definition) is 0.